The first-order valence-electron chi connectivity index (χ1n) is 7.62. The molecule has 4 bridgehead atoms. The summed E-state index contributed by atoms with van der Waals surface area (Å²) < 4.78 is 0. The molecular weight excluding hydrogens is 210 g/mol. The molecule has 0 aromatic heterocycles. The predicted molar refractivity (Wildman–Crippen MR) is 67.7 cm³/mol. The van der Waals surface area contributed by atoms with Crippen LogP contribution in [-0.4, -0.2) is 23.8 Å². The van der Waals surface area contributed by atoms with E-state index in [0.717, 1.165) is 43.7 Å². The average Bonchev–Trinajstić information content (AvgIpc) is 2.28. The first-order valence-corrected chi connectivity index (χ1v) is 7.62. The van der Waals surface area contributed by atoms with Crippen molar-refractivity contribution >= 4 is 0 Å². The zero-order valence-corrected chi connectivity index (χ0v) is 10.8. The van der Waals surface area contributed by atoms with Crippen molar-refractivity contribution in [1.29, 1.82) is 0 Å². The van der Waals surface area contributed by atoms with Gasteiger partial charge >= 0.3 is 0 Å². The summed E-state index contributed by atoms with van der Waals surface area (Å²) in [6.07, 6.45) is 10.5. The van der Waals surface area contributed by atoms with Gasteiger partial charge in [0.2, 0.25) is 0 Å². The molecule has 0 amide bonds. The molecule has 96 valence electrons. The fourth-order valence-corrected chi connectivity index (χ4v) is 6.05. The lowest BCUT2D eigenvalue weighted by Gasteiger charge is -2.63. The van der Waals surface area contributed by atoms with Crippen molar-refractivity contribution in [3.8, 4) is 0 Å². The normalized spacial score (nSPS) is 51.7. The molecule has 0 spiro atoms. The van der Waals surface area contributed by atoms with Crippen LogP contribution in [-0.2, 0) is 0 Å². The average molecular weight is 235 g/mol. The Morgan fingerprint density at radius 2 is 1.29 bits per heavy atom. The molecule has 0 aromatic carbocycles. The number of nitrogens with one attached hydrogen (secondary N) is 1. The highest BCUT2D eigenvalue weighted by atomic mass is 16.3. The summed E-state index contributed by atoms with van der Waals surface area (Å²) in [5, 5.41) is 14.6. The van der Waals surface area contributed by atoms with Crippen LogP contribution in [0.4, 0.5) is 0 Å². The minimum Gasteiger partial charge on any atom is -0.389 e. The zero-order valence-electron chi connectivity index (χ0n) is 10.8. The maximum atomic E-state index is 11.2. The molecule has 5 fully saturated rings. The van der Waals surface area contributed by atoms with Gasteiger partial charge in [-0.15, -0.1) is 0 Å². The van der Waals surface area contributed by atoms with E-state index in [9.17, 15) is 5.11 Å². The molecule has 0 aromatic rings. The van der Waals surface area contributed by atoms with Gasteiger partial charge in [-0.25, -0.2) is 0 Å². The number of rotatable bonds is 1. The van der Waals surface area contributed by atoms with Gasteiger partial charge in [0.25, 0.3) is 0 Å². The maximum Gasteiger partial charge on any atom is 0.0728 e. The third kappa shape index (κ3) is 1.46. The lowest BCUT2D eigenvalue weighted by molar-refractivity contribution is -0.188. The minimum atomic E-state index is -0.325. The van der Waals surface area contributed by atoms with Gasteiger partial charge in [0.05, 0.1) is 5.60 Å². The van der Waals surface area contributed by atoms with Gasteiger partial charge in [0, 0.05) is 5.41 Å². The molecule has 4 aliphatic carbocycles. The predicted octanol–water partition coefficient (Wildman–Crippen LogP) is 2.32. The van der Waals surface area contributed by atoms with Gasteiger partial charge in [-0.3, -0.25) is 0 Å². The molecule has 4 saturated carbocycles. The smallest absolute Gasteiger partial charge is 0.0728 e. The van der Waals surface area contributed by atoms with Crippen LogP contribution in [0.2, 0.25) is 0 Å². The molecule has 2 nitrogen and oxygen atoms in total. The quantitative estimate of drug-likeness (QED) is 0.731. The molecule has 2 N–H and O–H groups in total. The number of aliphatic hydroxyl groups is 1. The highest BCUT2D eigenvalue weighted by Gasteiger charge is 2.59. The molecular formula is C15H25NO. The molecule has 0 unspecified atom stereocenters. The van der Waals surface area contributed by atoms with E-state index in [2.05, 4.69) is 5.32 Å². The number of piperidine rings is 1. The molecule has 0 radical (unpaired) electrons. The molecule has 2 heteroatoms. The molecule has 5 rings (SSSR count). The van der Waals surface area contributed by atoms with Crippen molar-refractivity contribution in [2.45, 2.75) is 57.0 Å². The summed E-state index contributed by atoms with van der Waals surface area (Å²) in [6, 6.07) is 0. The largest absolute Gasteiger partial charge is 0.389 e. The van der Waals surface area contributed by atoms with Crippen LogP contribution in [0.5, 0.6) is 0 Å². The molecule has 5 aliphatic rings. The van der Waals surface area contributed by atoms with Gasteiger partial charge < -0.3 is 10.4 Å². The van der Waals surface area contributed by atoms with Crippen LogP contribution in [0.15, 0.2) is 0 Å². The first-order chi connectivity index (χ1) is 8.19. The lowest BCUT2D eigenvalue weighted by Crippen LogP contribution is -2.61. The number of hydrogen-bond donors (Lipinski definition) is 2. The van der Waals surface area contributed by atoms with Crippen LogP contribution in [0.1, 0.15) is 51.4 Å². The Labute approximate surface area is 104 Å². The topological polar surface area (TPSA) is 32.3 Å². The molecule has 1 heterocycles. The second kappa shape index (κ2) is 3.48. The third-order valence-electron chi connectivity index (χ3n) is 6.46. The van der Waals surface area contributed by atoms with Gasteiger partial charge in [-0.1, -0.05) is 0 Å². The van der Waals surface area contributed by atoms with Crippen molar-refractivity contribution in [2.24, 2.45) is 23.2 Å². The van der Waals surface area contributed by atoms with Crippen molar-refractivity contribution in [3.05, 3.63) is 0 Å². The molecule has 0 atom stereocenters. The van der Waals surface area contributed by atoms with Gasteiger partial charge in [0.15, 0.2) is 0 Å². The summed E-state index contributed by atoms with van der Waals surface area (Å²) in [7, 11) is 0. The summed E-state index contributed by atoms with van der Waals surface area (Å²) >= 11 is 0. The van der Waals surface area contributed by atoms with E-state index in [4.69, 9.17) is 0 Å². The van der Waals surface area contributed by atoms with E-state index in [1.807, 2.05) is 0 Å². The van der Waals surface area contributed by atoms with E-state index in [1.54, 1.807) is 0 Å². The van der Waals surface area contributed by atoms with Crippen LogP contribution in [0.3, 0.4) is 0 Å². The SMILES string of the molecule is OC1(C23CC4CC(CC(C4)C2)C3)CCNCC1. The summed E-state index contributed by atoms with van der Waals surface area (Å²) in [5.74, 6) is 2.88. The fourth-order valence-electron chi connectivity index (χ4n) is 6.05. The fraction of sp³-hybridized carbons (Fsp3) is 1.00. The molecule has 17 heavy (non-hydrogen) atoms. The Morgan fingerprint density at radius 3 is 1.76 bits per heavy atom. The van der Waals surface area contributed by atoms with Crippen LogP contribution in [0.25, 0.3) is 0 Å². The second-order valence-corrected chi connectivity index (χ2v) is 7.48. The first kappa shape index (κ1) is 10.8. The minimum absolute atomic E-state index is 0.323. The second-order valence-electron chi connectivity index (χ2n) is 7.48. The van der Waals surface area contributed by atoms with E-state index in [1.165, 1.54) is 38.5 Å². The standard InChI is InChI=1S/C15H25NO/c17-15(1-3-16-4-2-15)14-8-11-5-12(9-14)7-13(6-11)10-14/h11-13,16-17H,1-10H2. The van der Waals surface area contributed by atoms with E-state index in [0.29, 0.717) is 5.41 Å². The van der Waals surface area contributed by atoms with E-state index >= 15 is 0 Å². The van der Waals surface area contributed by atoms with E-state index < -0.39 is 0 Å². The monoisotopic (exact) mass is 235 g/mol. The van der Waals surface area contributed by atoms with Crippen LogP contribution in [0, 0.1) is 23.2 Å². The summed E-state index contributed by atoms with van der Waals surface area (Å²) in [6.45, 7) is 2.05. The van der Waals surface area contributed by atoms with Crippen molar-refractivity contribution in [3.63, 3.8) is 0 Å². The van der Waals surface area contributed by atoms with Gasteiger partial charge in [-0.2, -0.15) is 0 Å². The van der Waals surface area contributed by atoms with Crippen molar-refractivity contribution in [2.75, 3.05) is 13.1 Å². The van der Waals surface area contributed by atoms with Crippen LogP contribution < -0.4 is 5.32 Å². The van der Waals surface area contributed by atoms with Crippen LogP contribution >= 0.6 is 0 Å². The Bertz CT molecular complexity index is 284. The summed E-state index contributed by atoms with van der Waals surface area (Å²) in [5.41, 5.74) is -0.00187. The third-order valence-corrected chi connectivity index (χ3v) is 6.46. The van der Waals surface area contributed by atoms with Crippen molar-refractivity contribution < 1.29 is 5.11 Å². The zero-order chi connectivity index (χ0) is 11.5. The van der Waals surface area contributed by atoms with Crippen molar-refractivity contribution in [1.82, 2.24) is 5.32 Å². The molecule has 1 saturated heterocycles. The summed E-state index contributed by atoms with van der Waals surface area (Å²) in [4.78, 5) is 0. The van der Waals surface area contributed by atoms with Gasteiger partial charge in [-0.05, 0) is 82.2 Å². The Kier molecular flexibility index (Phi) is 2.21. The Hall–Kier alpha value is -0.0800. The molecule has 1 aliphatic heterocycles. The lowest BCUT2D eigenvalue weighted by atomic mass is 9.44. The highest BCUT2D eigenvalue weighted by molar-refractivity contribution is 5.10. The maximum absolute atomic E-state index is 11.2. The Balaban J connectivity index is 1.67. The van der Waals surface area contributed by atoms with Gasteiger partial charge in [0.1, 0.15) is 0 Å². The number of hydrogen-bond acceptors (Lipinski definition) is 2. The van der Waals surface area contributed by atoms with E-state index in [-0.39, 0.29) is 5.60 Å². The Morgan fingerprint density at radius 1 is 0.824 bits per heavy atom. The highest BCUT2D eigenvalue weighted by Crippen LogP contribution is 2.64.